The first-order chi connectivity index (χ1) is 6.70. The van der Waals surface area contributed by atoms with E-state index in [-0.39, 0.29) is 18.2 Å². The van der Waals surface area contributed by atoms with Gasteiger partial charge in [0.05, 0.1) is 6.67 Å². The van der Waals surface area contributed by atoms with Crippen molar-refractivity contribution in [3.05, 3.63) is 0 Å². The van der Waals surface area contributed by atoms with Crippen LogP contribution in [0.4, 0.5) is 4.39 Å². The molecule has 0 unspecified atom stereocenters. The second-order valence-electron chi connectivity index (χ2n) is 2.99. The predicted molar refractivity (Wildman–Crippen MR) is 51.0 cm³/mol. The molecule has 0 aromatic heterocycles. The van der Waals surface area contributed by atoms with E-state index in [1.807, 2.05) is 6.92 Å². The van der Waals surface area contributed by atoms with Gasteiger partial charge in [-0.25, -0.2) is 0 Å². The topological polar surface area (TPSA) is 58.2 Å². The van der Waals surface area contributed by atoms with Gasteiger partial charge in [-0.2, -0.15) is 0 Å². The summed E-state index contributed by atoms with van der Waals surface area (Å²) in [6.45, 7) is 1.47. The number of unbranched alkanes of at least 4 members (excludes halogenated alkanes) is 1. The van der Waals surface area contributed by atoms with Gasteiger partial charge in [-0.1, -0.05) is 6.92 Å². The number of rotatable bonds is 6. The molecule has 0 saturated carbocycles. The number of halogens is 1. The molecule has 0 aliphatic rings. The molecule has 0 aromatic rings. The molecule has 4 nitrogen and oxygen atoms in total. The Bertz CT molecular complexity index is 186. The normalized spacial score (nSPS) is 9.57. The van der Waals surface area contributed by atoms with Crippen LogP contribution in [0, 0.1) is 0 Å². The molecule has 0 heterocycles. The van der Waals surface area contributed by atoms with Gasteiger partial charge in [-0.05, 0) is 19.3 Å². The summed E-state index contributed by atoms with van der Waals surface area (Å²) in [4.78, 5) is 21.9. The minimum absolute atomic E-state index is 0.202. The lowest BCUT2D eigenvalue weighted by atomic mass is 10.2. The molecule has 0 aliphatic carbocycles. The van der Waals surface area contributed by atoms with Crippen LogP contribution < -0.4 is 10.9 Å². The number of amides is 2. The van der Waals surface area contributed by atoms with Gasteiger partial charge in [0.25, 0.3) is 0 Å². The van der Waals surface area contributed by atoms with Crippen molar-refractivity contribution in [3.63, 3.8) is 0 Å². The zero-order valence-electron chi connectivity index (χ0n) is 8.44. The number of hydrogen-bond donors (Lipinski definition) is 2. The quantitative estimate of drug-likeness (QED) is 0.502. The Morgan fingerprint density at radius 2 is 1.64 bits per heavy atom. The van der Waals surface area contributed by atoms with Crippen molar-refractivity contribution >= 4 is 11.8 Å². The highest BCUT2D eigenvalue weighted by Gasteiger charge is 2.02. The van der Waals surface area contributed by atoms with E-state index in [2.05, 4.69) is 10.9 Å². The average Bonchev–Trinajstić information content (AvgIpc) is 2.16. The standard InChI is InChI=1S/C9H17FN2O2/c1-2-5-8(13)11-12-9(14)6-3-4-7-10/h2-7H2,1H3,(H,11,13)(H,12,14). The zero-order chi connectivity index (χ0) is 10.8. The van der Waals surface area contributed by atoms with Gasteiger partial charge in [-0.15, -0.1) is 0 Å². The third-order valence-corrected chi connectivity index (χ3v) is 1.61. The maximum Gasteiger partial charge on any atom is 0.238 e. The average molecular weight is 204 g/mol. The van der Waals surface area contributed by atoms with Crippen LogP contribution >= 0.6 is 0 Å². The van der Waals surface area contributed by atoms with Crippen molar-refractivity contribution < 1.29 is 14.0 Å². The van der Waals surface area contributed by atoms with Crippen LogP contribution in [-0.2, 0) is 9.59 Å². The van der Waals surface area contributed by atoms with Crippen LogP contribution in [0.15, 0.2) is 0 Å². The van der Waals surface area contributed by atoms with Crippen LogP contribution in [-0.4, -0.2) is 18.5 Å². The summed E-state index contributed by atoms with van der Waals surface area (Å²) in [5.41, 5.74) is 4.54. The first kappa shape index (κ1) is 12.9. The molecule has 14 heavy (non-hydrogen) atoms. The van der Waals surface area contributed by atoms with Gasteiger partial charge >= 0.3 is 0 Å². The second-order valence-corrected chi connectivity index (χ2v) is 2.99. The molecule has 0 fully saturated rings. The Balaban J connectivity index is 3.39. The molecule has 0 aromatic carbocycles. The summed E-state index contributed by atoms with van der Waals surface area (Å²) in [6.07, 6.45) is 2.27. The Hall–Kier alpha value is -1.13. The summed E-state index contributed by atoms with van der Waals surface area (Å²) >= 11 is 0. The smallest absolute Gasteiger partial charge is 0.238 e. The number of carbonyl (C=O) groups excluding carboxylic acids is 2. The lowest BCUT2D eigenvalue weighted by Crippen LogP contribution is -2.41. The molecule has 2 amide bonds. The third-order valence-electron chi connectivity index (χ3n) is 1.61. The number of alkyl halides is 1. The predicted octanol–water partition coefficient (Wildman–Crippen LogP) is 1.07. The first-order valence-corrected chi connectivity index (χ1v) is 4.84. The van der Waals surface area contributed by atoms with Gasteiger partial charge in [0, 0.05) is 12.8 Å². The Morgan fingerprint density at radius 1 is 1.07 bits per heavy atom. The Kier molecular flexibility index (Phi) is 7.78. The molecule has 0 radical (unpaired) electrons. The van der Waals surface area contributed by atoms with E-state index in [1.54, 1.807) is 0 Å². The lowest BCUT2D eigenvalue weighted by molar-refractivity contribution is -0.129. The molecule has 0 atom stereocenters. The number of nitrogens with one attached hydrogen (secondary N) is 2. The summed E-state index contributed by atoms with van der Waals surface area (Å²) < 4.78 is 11.7. The van der Waals surface area contributed by atoms with E-state index in [0.29, 0.717) is 19.3 Å². The van der Waals surface area contributed by atoms with Gasteiger partial charge in [-0.3, -0.25) is 24.8 Å². The Labute approximate surface area is 83.2 Å². The molecule has 0 saturated heterocycles. The second kappa shape index (κ2) is 8.47. The van der Waals surface area contributed by atoms with E-state index < -0.39 is 6.67 Å². The maximum atomic E-state index is 11.7. The molecule has 0 aliphatic heterocycles. The summed E-state index contributed by atoms with van der Waals surface area (Å²) in [5, 5.41) is 0. The van der Waals surface area contributed by atoms with Gasteiger partial charge in [0.2, 0.25) is 11.8 Å². The molecule has 0 rings (SSSR count). The summed E-state index contributed by atoms with van der Waals surface area (Å²) in [6, 6.07) is 0. The molecular weight excluding hydrogens is 187 g/mol. The highest BCUT2D eigenvalue weighted by Crippen LogP contribution is 1.94. The SMILES string of the molecule is CCCC(=O)NNC(=O)CCCCF. The fourth-order valence-electron chi connectivity index (χ4n) is 0.872. The third kappa shape index (κ3) is 7.52. The van der Waals surface area contributed by atoms with E-state index >= 15 is 0 Å². The highest BCUT2D eigenvalue weighted by molar-refractivity contribution is 5.81. The van der Waals surface area contributed by atoms with Crippen LogP contribution in [0.3, 0.4) is 0 Å². The fourth-order valence-corrected chi connectivity index (χ4v) is 0.872. The van der Waals surface area contributed by atoms with Crippen molar-refractivity contribution in [2.45, 2.75) is 39.0 Å². The lowest BCUT2D eigenvalue weighted by Gasteiger charge is -2.05. The number of hydrogen-bond acceptors (Lipinski definition) is 2. The van der Waals surface area contributed by atoms with Crippen molar-refractivity contribution in [1.82, 2.24) is 10.9 Å². The van der Waals surface area contributed by atoms with Crippen LogP contribution in [0.5, 0.6) is 0 Å². The van der Waals surface area contributed by atoms with Crippen molar-refractivity contribution in [3.8, 4) is 0 Å². The molecular formula is C9H17FN2O2. The van der Waals surface area contributed by atoms with E-state index in [0.717, 1.165) is 6.42 Å². The number of carbonyl (C=O) groups is 2. The largest absolute Gasteiger partial charge is 0.273 e. The van der Waals surface area contributed by atoms with Crippen LogP contribution in [0.2, 0.25) is 0 Å². The van der Waals surface area contributed by atoms with Gasteiger partial charge in [0.1, 0.15) is 0 Å². The van der Waals surface area contributed by atoms with Crippen LogP contribution in [0.25, 0.3) is 0 Å². The van der Waals surface area contributed by atoms with Crippen LogP contribution in [0.1, 0.15) is 39.0 Å². The van der Waals surface area contributed by atoms with Gasteiger partial charge < -0.3 is 0 Å². The molecule has 5 heteroatoms. The van der Waals surface area contributed by atoms with E-state index in [9.17, 15) is 14.0 Å². The van der Waals surface area contributed by atoms with E-state index in [1.165, 1.54) is 0 Å². The highest BCUT2D eigenvalue weighted by atomic mass is 19.1. The fraction of sp³-hybridized carbons (Fsp3) is 0.778. The zero-order valence-corrected chi connectivity index (χ0v) is 8.44. The van der Waals surface area contributed by atoms with E-state index in [4.69, 9.17) is 0 Å². The van der Waals surface area contributed by atoms with Crippen molar-refractivity contribution in [1.29, 1.82) is 0 Å². The minimum atomic E-state index is -0.407. The Morgan fingerprint density at radius 3 is 2.14 bits per heavy atom. The summed E-state index contributed by atoms with van der Waals surface area (Å²) in [5.74, 6) is -0.478. The summed E-state index contributed by atoms with van der Waals surface area (Å²) in [7, 11) is 0. The molecule has 2 N–H and O–H groups in total. The molecule has 82 valence electrons. The number of hydrazine groups is 1. The molecule has 0 bridgehead atoms. The molecule has 0 spiro atoms. The monoisotopic (exact) mass is 204 g/mol. The maximum absolute atomic E-state index is 11.7. The minimum Gasteiger partial charge on any atom is -0.273 e. The first-order valence-electron chi connectivity index (χ1n) is 4.84. The van der Waals surface area contributed by atoms with Crippen molar-refractivity contribution in [2.24, 2.45) is 0 Å². The van der Waals surface area contributed by atoms with Crippen molar-refractivity contribution in [2.75, 3.05) is 6.67 Å². The van der Waals surface area contributed by atoms with Gasteiger partial charge in [0.15, 0.2) is 0 Å².